The van der Waals surface area contributed by atoms with Crippen LogP contribution < -0.4 is 0 Å². The van der Waals surface area contributed by atoms with E-state index in [1.807, 2.05) is 0 Å². The van der Waals surface area contributed by atoms with Gasteiger partial charge in [-0.1, -0.05) is 54.0 Å². The van der Waals surface area contributed by atoms with Gasteiger partial charge in [-0.05, 0) is 155 Å². The average Bonchev–Trinajstić information content (AvgIpc) is 3.63. The average molecular weight is 765 g/mol. The maximum Gasteiger partial charge on any atom is 0.309 e. The molecular weight excluding hydrogens is 689 g/mol. The molecular formula is C47H76N2O6. The summed E-state index contributed by atoms with van der Waals surface area (Å²) in [6.07, 6.45) is 12.9. The second kappa shape index (κ2) is 14.5. The van der Waals surface area contributed by atoms with E-state index in [0.717, 1.165) is 82.5 Å². The first-order chi connectivity index (χ1) is 25.7. The van der Waals surface area contributed by atoms with Crippen molar-refractivity contribution in [2.24, 2.45) is 62.1 Å². The van der Waals surface area contributed by atoms with Crippen LogP contribution in [0.4, 0.5) is 0 Å². The molecule has 6 aliphatic carbocycles. The zero-order chi connectivity index (χ0) is 39.9. The molecule has 7 aliphatic rings. The molecule has 1 aliphatic heterocycles. The number of nitrogens with zero attached hydrogens (tertiary/aromatic N) is 2. The molecule has 0 aromatic heterocycles. The van der Waals surface area contributed by atoms with Gasteiger partial charge < -0.3 is 19.8 Å². The molecule has 1 saturated heterocycles. The van der Waals surface area contributed by atoms with Gasteiger partial charge in [-0.2, -0.15) is 0 Å². The Kier molecular flexibility index (Phi) is 10.9. The number of carboxylic acids is 1. The zero-order valence-corrected chi connectivity index (χ0v) is 36.1. The Morgan fingerprint density at radius 3 is 2.24 bits per heavy atom. The molecule has 1 heterocycles. The molecule has 0 amide bonds. The van der Waals surface area contributed by atoms with Gasteiger partial charge in [-0.3, -0.25) is 19.3 Å². The van der Waals surface area contributed by atoms with Gasteiger partial charge in [0.2, 0.25) is 0 Å². The summed E-state index contributed by atoms with van der Waals surface area (Å²) in [7, 11) is 0. The highest BCUT2D eigenvalue weighted by molar-refractivity contribution is 6.00. The summed E-state index contributed by atoms with van der Waals surface area (Å²) in [5.41, 5.74) is 0.763. The van der Waals surface area contributed by atoms with Crippen molar-refractivity contribution in [2.45, 2.75) is 164 Å². The minimum Gasteiger partial charge on any atom is -0.481 e. The Morgan fingerprint density at radius 2 is 1.60 bits per heavy atom. The van der Waals surface area contributed by atoms with Gasteiger partial charge in [-0.25, -0.2) is 0 Å². The maximum atomic E-state index is 14.3. The van der Waals surface area contributed by atoms with E-state index in [4.69, 9.17) is 4.74 Å². The number of ketones is 1. The number of carbonyl (C=O) groups is 3. The number of hydrogen-bond donors (Lipinski definition) is 2. The second-order valence-corrected chi connectivity index (χ2v) is 22.3. The number of Topliss-reactive ketones (excluding diaryl/α,β-unsaturated/α-hetero) is 1. The Balaban J connectivity index is 1.14. The summed E-state index contributed by atoms with van der Waals surface area (Å²) in [6, 6.07) is 0. The van der Waals surface area contributed by atoms with Crippen LogP contribution in [0.5, 0.6) is 0 Å². The van der Waals surface area contributed by atoms with Crippen LogP contribution in [0.15, 0.2) is 11.1 Å². The van der Waals surface area contributed by atoms with Gasteiger partial charge in [0.05, 0.1) is 17.9 Å². The maximum absolute atomic E-state index is 14.3. The topological polar surface area (TPSA) is 107 Å². The fourth-order valence-corrected chi connectivity index (χ4v) is 14.5. The largest absolute Gasteiger partial charge is 0.481 e. The Labute approximate surface area is 333 Å². The number of ether oxygens (including phenoxy) is 1. The third-order valence-electron chi connectivity index (χ3n) is 18.1. The number of esters is 1. The lowest BCUT2D eigenvalue weighted by molar-refractivity contribution is -0.235. The van der Waals surface area contributed by atoms with Gasteiger partial charge in [0.1, 0.15) is 6.10 Å². The van der Waals surface area contributed by atoms with Crippen LogP contribution in [-0.2, 0) is 19.1 Å². The van der Waals surface area contributed by atoms with Crippen LogP contribution >= 0.6 is 0 Å². The molecule has 9 atom stereocenters. The molecule has 0 radical (unpaired) electrons. The summed E-state index contributed by atoms with van der Waals surface area (Å²) in [5.74, 6) is 1.01. The van der Waals surface area contributed by atoms with E-state index in [2.05, 4.69) is 58.3 Å². The zero-order valence-electron chi connectivity index (χ0n) is 36.1. The van der Waals surface area contributed by atoms with E-state index in [0.29, 0.717) is 36.5 Å². The minimum atomic E-state index is -1.16. The number of allylic oxidation sites excluding steroid dienone is 1. The van der Waals surface area contributed by atoms with Crippen LogP contribution in [0.1, 0.15) is 152 Å². The molecule has 0 aromatic carbocycles. The molecule has 310 valence electrons. The Morgan fingerprint density at radius 1 is 0.909 bits per heavy atom. The molecule has 7 rings (SSSR count). The van der Waals surface area contributed by atoms with Crippen molar-refractivity contribution in [1.82, 2.24) is 9.80 Å². The molecule has 5 saturated carbocycles. The Bertz CT molecular complexity index is 1540. The van der Waals surface area contributed by atoms with Crippen molar-refractivity contribution in [3.8, 4) is 0 Å². The number of carbonyl (C=O) groups excluding carboxylic acids is 2. The SMILES string of the molecule is CC(C)C1=C2[C@H]3CC[C@@H]4[C@@]5(C)CC[C@H](OC(=O)CC(C)(C)C(=O)O)C(C)(C)[C@@H]5CC[C@@]4(C)[C@]3(C)CC[C@@]2([C@@H](O)CN(CCN2CCCC2)CC2CC2)CC1=O. The summed E-state index contributed by atoms with van der Waals surface area (Å²) in [5, 5.41) is 22.3. The molecule has 0 bridgehead atoms. The molecule has 8 heteroatoms. The smallest absolute Gasteiger partial charge is 0.309 e. The van der Waals surface area contributed by atoms with E-state index in [-0.39, 0.29) is 40.1 Å². The number of likely N-dealkylation sites (tertiary alicyclic amines) is 1. The van der Waals surface area contributed by atoms with Crippen LogP contribution in [0.2, 0.25) is 0 Å². The van der Waals surface area contributed by atoms with Crippen molar-refractivity contribution in [1.29, 1.82) is 0 Å². The van der Waals surface area contributed by atoms with Crippen LogP contribution in [0.3, 0.4) is 0 Å². The molecule has 0 spiro atoms. The van der Waals surface area contributed by atoms with Gasteiger partial charge in [0.25, 0.3) is 0 Å². The fourth-order valence-electron chi connectivity index (χ4n) is 14.5. The highest BCUT2D eigenvalue weighted by Gasteiger charge is 2.71. The number of rotatable bonds is 13. The van der Waals surface area contributed by atoms with Gasteiger partial charge >= 0.3 is 11.9 Å². The monoisotopic (exact) mass is 765 g/mol. The number of aliphatic carboxylic acids is 1. The summed E-state index contributed by atoms with van der Waals surface area (Å²) >= 11 is 0. The third-order valence-corrected chi connectivity index (χ3v) is 18.1. The molecule has 0 aromatic rings. The number of carboxylic acid groups (broad SMARTS) is 1. The number of fused-ring (bicyclic) bond motifs is 7. The quantitative estimate of drug-likeness (QED) is 0.180. The normalized spacial score (nSPS) is 39.5. The predicted molar refractivity (Wildman–Crippen MR) is 216 cm³/mol. The fraction of sp³-hybridized carbons (Fsp3) is 0.894. The van der Waals surface area contributed by atoms with E-state index < -0.39 is 28.9 Å². The molecule has 2 N–H and O–H groups in total. The van der Waals surface area contributed by atoms with Crippen molar-refractivity contribution >= 4 is 17.7 Å². The first-order valence-corrected chi connectivity index (χ1v) is 22.5. The van der Waals surface area contributed by atoms with Crippen LogP contribution in [0, 0.1) is 62.1 Å². The lowest BCUT2D eigenvalue weighted by atomic mass is 9.33. The van der Waals surface area contributed by atoms with Gasteiger partial charge in [-0.15, -0.1) is 0 Å². The second-order valence-electron chi connectivity index (χ2n) is 22.3. The first kappa shape index (κ1) is 41.4. The van der Waals surface area contributed by atoms with Crippen molar-refractivity contribution in [3.63, 3.8) is 0 Å². The van der Waals surface area contributed by atoms with Crippen LogP contribution in [-0.4, -0.2) is 89.2 Å². The predicted octanol–water partition coefficient (Wildman–Crippen LogP) is 8.55. The lowest BCUT2D eigenvalue weighted by Crippen LogP contribution is -2.66. The standard InChI is InChI=1S/C47H76N2O6/c1-30(2)39-33(50)26-47(36(51)29-49(28-31-12-13-31)25-24-48-22-10-11-23-48)21-20-45(8)32(40(39)47)14-15-35-44(7)18-17-37(55-38(52)27-42(3,4)41(53)54)43(5,6)34(44)16-19-46(35,45)9/h30-32,34-37,51H,10-29H2,1-9H3,(H,53,54)/t32-,34+,35-,36+,37+,44+,45-,46-,47+/m1/s1. The number of aliphatic hydroxyl groups excluding tert-OH is 1. The van der Waals surface area contributed by atoms with E-state index in [1.165, 1.54) is 44.3 Å². The van der Waals surface area contributed by atoms with E-state index >= 15 is 0 Å². The van der Waals surface area contributed by atoms with Crippen molar-refractivity contribution in [3.05, 3.63) is 11.1 Å². The highest BCUT2D eigenvalue weighted by atomic mass is 16.5. The van der Waals surface area contributed by atoms with Gasteiger partial charge in [0.15, 0.2) is 5.78 Å². The summed E-state index contributed by atoms with van der Waals surface area (Å²) < 4.78 is 6.20. The van der Waals surface area contributed by atoms with Crippen LogP contribution in [0.25, 0.3) is 0 Å². The number of aliphatic hydroxyl groups is 1. The highest BCUT2D eigenvalue weighted by Crippen LogP contribution is 2.77. The van der Waals surface area contributed by atoms with Gasteiger partial charge in [0, 0.05) is 43.4 Å². The Hall–Kier alpha value is -1.77. The summed E-state index contributed by atoms with van der Waals surface area (Å²) in [4.78, 5) is 44.4. The lowest BCUT2D eigenvalue weighted by Gasteiger charge is -2.72. The summed E-state index contributed by atoms with van der Waals surface area (Å²) in [6.45, 7) is 26.1. The van der Waals surface area contributed by atoms with Crippen molar-refractivity contribution < 1.29 is 29.3 Å². The number of hydrogen-bond acceptors (Lipinski definition) is 7. The molecule has 0 unspecified atom stereocenters. The van der Waals surface area contributed by atoms with E-state index in [1.54, 1.807) is 13.8 Å². The van der Waals surface area contributed by atoms with Crippen molar-refractivity contribution in [2.75, 3.05) is 39.3 Å². The van der Waals surface area contributed by atoms with E-state index in [9.17, 15) is 24.6 Å². The molecule has 6 fully saturated rings. The minimum absolute atomic E-state index is 0.0204. The first-order valence-electron chi connectivity index (χ1n) is 22.5. The molecule has 55 heavy (non-hydrogen) atoms. The third kappa shape index (κ3) is 6.90. The molecule has 8 nitrogen and oxygen atoms in total.